The smallest absolute Gasteiger partial charge is 0.286 e. The number of pyridine rings is 1. The summed E-state index contributed by atoms with van der Waals surface area (Å²) in [5, 5.41) is 0. The van der Waals surface area contributed by atoms with Gasteiger partial charge < -0.3 is 10.5 Å². The summed E-state index contributed by atoms with van der Waals surface area (Å²) in [6.45, 7) is 0.812. The summed E-state index contributed by atoms with van der Waals surface area (Å²) in [5.74, 6) is -2.92. The maximum atomic E-state index is 12.9. The van der Waals surface area contributed by atoms with Gasteiger partial charge in [0.1, 0.15) is 18.0 Å². The molecule has 2 atom stereocenters. The molecule has 0 aliphatic carbocycles. The second-order valence-electron chi connectivity index (χ2n) is 3.36. The highest BCUT2D eigenvalue weighted by atomic mass is 19.3. The highest BCUT2D eigenvalue weighted by Crippen LogP contribution is 2.35. The lowest BCUT2D eigenvalue weighted by atomic mass is 10.2. The largest absolute Gasteiger partial charge is 0.347 e. The lowest BCUT2D eigenvalue weighted by molar-refractivity contribution is 0.0125. The predicted molar refractivity (Wildman–Crippen MR) is 45.6 cm³/mol. The van der Waals surface area contributed by atoms with Gasteiger partial charge in [-0.25, -0.2) is 4.98 Å². The molecule has 2 rings (SSSR count). The van der Waals surface area contributed by atoms with Crippen LogP contribution < -0.4 is 5.73 Å². The third kappa shape index (κ3) is 1.73. The highest BCUT2D eigenvalue weighted by molar-refractivity contribution is 5.19. The maximum absolute atomic E-state index is 12.9. The van der Waals surface area contributed by atoms with Gasteiger partial charge in [-0.15, -0.1) is 0 Å². The van der Waals surface area contributed by atoms with Crippen molar-refractivity contribution in [2.24, 2.45) is 5.73 Å². The average Bonchev–Trinajstić information content (AvgIpc) is 2.82. The van der Waals surface area contributed by atoms with Gasteiger partial charge in [-0.2, -0.15) is 8.78 Å². The molecule has 0 saturated carbocycles. The van der Waals surface area contributed by atoms with Gasteiger partial charge >= 0.3 is 0 Å². The fraction of sp³-hybridized carbons (Fsp3) is 0.444. The normalized spacial score (nSPS) is 26.3. The SMILES string of the molecule is CC(F)(F)c1cccc(C2OC2N)n1. The molecule has 0 spiro atoms. The Morgan fingerprint density at radius 2 is 2.14 bits per heavy atom. The van der Waals surface area contributed by atoms with E-state index in [9.17, 15) is 8.78 Å². The molecule has 0 aromatic carbocycles. The number of aromatic nitrogens is 1. The first-order valence-corrected chi connectivity index (χ1v) is 4.25. The summed E-state index contributed by atoms with van der Waals surface area (Å²) < 4.78 is 30.7. The molecule has 14 heavy (non-hydrogen) atoms. The molecular weight excluding hydrogens is 190 g/mol. The minimum absolute atomic E-state index is 0.252. The van der Waals surface area contributed by atoms with Crippen LogP contribution in [-0.4, -0.2) is 11.2 Å². The van der Waals surface area contributed by atoms with Crippen molar-refractivity contribution in [3.63, 3.8) is 0 Å². The molecule has 5 heteroatoms. The zero-order valence-electron chi connectivity index (χ0n) is 7.58. The van der Waals surface area contributed by atoms with Crippen LogP contribution in [0, 0.1) is 0 Å². The van der Waals surface area contributed by atoms with Crippen molar-refractivity contribution in [2.75, 3.05) is 0 Å². The molecule has 3 nitrogen and oxygen atoms in total. The van der Waals surface area contributed by atoms with Crippen LogP contribution in [0.25, 0.3) is 0 Å². The Hall–Kier alpha value is -1.07. The van der Waals surface area contributed by atoms with Crippen LogP contribution in [0.5, 0.6) is 0 Å². The van der Waals surface area contributed by atoms with Crippen molar-refractivity contribution >= 4 is 0 Å². The van der Waals surface area contributed by atoms with Crippen molar-refractivity contribution in [3.05, 3.63) is 29.6 Å². The van der Waals surface area contributed by atoms with Crippen LogP contribution in [-0.2, 0) is 10.7 Å². The Morgan fingerprint density at radius 3 is 2.64 bits per heavy atom. The fourth-order valence-corrected chi connectivity index (χ4v) is 1.22. The molecule has 2 unspecified atom stereocenters. The van der Waals surface area contributed by atoms with Crippen molar-refractivity contribution in [2.45, 2.75) is 25.2 Å². The third-order valence-corrected chi connectivity index (χ3v) is 2.04. The fourth-order valence-electron chi connectivity index (χ4n) is 1.22. The molecular formula is C9H10F2N2O. The molecule has 0 bridgehead atoms. The Bertz CT molecular complexity index is 351. The summed E-state index contributed by atoms with van der Waals surface area (Å²) in [6, 6.07) is 4.45. The molecule has 1 saturated heterocycles. The summed E-state index contributed by atoms with van der Waals surface area (Å²) in [7, 11) is 0. The Labute approximate surface area is 79.9 Å². The van der Waals surface area contributed by atoms with E-state index in [-0.39, 0.29) is 11.8 Å². The monoisotopic (exact) mass is 200 g/mol. The zero-order valence-corrected chi connectivity index (χ0v) is 7.58. The first-order valence-electron chi connectivity index (χ1n) is 4.25. The van der Waals surface area contributed by atoms with Crippen molar-refractivity contribution in [1.82, 2.24) is 4.98 Å². The lowest BCUT2D eigenvalue weighted by Gasteiger charge is -2.09. The van der Waals surface area contributed by atoms with Crippen molar-refractivity contribution in [3.8, 4) is 0 Å². The molecule has 0 radical (unpaired) electrons. The van der Waals surface area contributed by atoms with Crippen LogP contribution in [0.2, 0.25) is 0 Å². The lowest BCUT2D eigenvalue weighted by Crippen LogP contribution is -2.11. The molecule has 1 fully saturated rings. The second kappa shape index (κ2) is 2.96. The first kappa shape index (κ1) is 9.48. The van der Waals surface area contributed by atoms with Crippen LogP contribution in [0.3, 0.4) is 0 Å². The van der Waals surface area contributed by atoms with E-state index in [1.54, 1.807) is 6.07 Å². The summed E-state index contributed by atoms with van der Waals surface area (Å²) in [6.07, 6.45) is -0.722. The summed E-state index contributed by atoms with van der Waals surface area (Å²) in [5.41, 5.74) is 5.62. The molecule has 76 valence electrons. The highest BCUT2D eigenvalue weighted by Gasteiger charge is 2.39. The van der Waals surface area contributed by atoms with Gasteiger partial charge in [0.2, 0.25) is 0 Å². The van der Waals surface area contributed by atoms with Gasteiger partial charge in [-0.05, 0) is 12.1 Å². The van der Waals surface area contributed by atoms with Gasteiger partial charge in [0.05, 0.1) is 5.69 Å². The minimum atomic E-state index is -2.92. The maximum Gasteiger partial charge on any atom is 0.286 e. The van der Waals surface area contributed by atoms with Crippen molar-refractivity contribution in [1.29, 1.82) is 0 Å². The quantitative estimate of drug-likeness (QED) is 0.737. The number of hydrogen-bond donors (Lipinski definition) is 1. The van der Waals surface area contributed by atoms with Crippen LogP contribution in [0.1, 0.15) is 24.4 Å². The van der Waals surface area contributed by atoms with Crippen LogP contribution in [0.4, 0.5) is 8.78 Å². The van der Waals surface area contributed by atoms with Crippen molar-refractivity contribution < 1.29 is 13.5 Å². The Balaban J connectivity index is 2.28. The Kier molecular flexibility index (Phi) is 2.01. The molecule has 2 N–H and O–H groups in total. The summed E-state index contributed by atoms with van der Waals surface area (Å²) in [4.78, 5) is 3.80. The van der Waals surface area contributed by atoms with E-state index in [0.29, 0.717) is 5.69 Å². The first-order chi connectivity index (χ1) is 6.48. The van der Waals surface area contributed by atoms with Gasteiger partial charge in [0.15, 0.2) is 0 Å². The van der Waals surface area contributed by atoms with E-state index in [1.165, 1.54) is 12.1 Å². The third-order valence-electron chi connectivity index (χ3n) is 2.04. The number of ether oxygens (including phenoxy) is 1. The van der Waals surface area contributed by atoms with E-state index in [4.69, 9.17) is 10.5 Å². The van der Waals surface area contributed by atoms with E-state index < -0.39 is 12.2 Å². The summed E-state index contributed by atoms with van der Waals surface area (Å²) >= 11 is 0. The molecule has 1 aliphatic heterocycles. The van der Waals surface area contributed by atoms with Gasteiger partial charge in [-0.1, -0.05) is 6.07 Å². The second-order valence-corrected chi connectivity index (χ2v) is 3.36. The number of epoxide rings is 1. The topological polar surface area (TPSA) is 51.4 Å². The minimum Gasteiger partial charge on any atom is -0.347 e. The number of nitrogens with two attached hydrogens (primary N) is 1. The standard InChI is InChI=1S/C9H10F2N2O/c1-9(10,11)6-4-2-3-5(13-6)7-8(12)14-7/h2-4,7-8H,12H2,1H3. The van der Waals surface area contributed by atoms with Gasteiger partial charge in [0, 0.05) is 6.92 Å². The number of halogens is 2. The van der Waals surface area contributed by atoms with E-state index in [0.717, 1.165) is 6.92 Å². The van der Waals surface area contributed by atoms with E-state index in [2.05, 4.69) is 4.98 Å². The number of rotatable bonds is 2. The molecule has 1 aliphatic rings. The molecule has 1 aromatic rings. The van der Waals surface area contributed by atoms with Gasteiger partial charge in [-0.3, -0.25) is 0 Å². The molecule has 1 aromatic heterocycles. The number of alkyl halides is 2. The van der Waals surface area contributed by atoms with E-state index >= 15 is 0 Å². The Morgan fingerprint density at radius 1 is 1.50 bits per heavy atom. The number of hydrogen-bond acceptors (Lipinski definition) is 3. The number of nitrogens with zero attached hydrogens (tertiary/aromatic N) is 1. The van der Waals surface area contributed by atoms with Crippen LogP contribution in [0.15, 0.2) is 18.2 Å². The molecule has 2 heterocycles. The van der Waals surface area contributed by atoms with Crippen LogP contribution >= 0.6 is 0 Å². The zero-order chi connectivity index (χ0) is 10.3. The predicted octanol–water partition coefficient (Wildman–Crippen LogP) is 1.55. The molecule has 0 amide bonds. The van der Waals surface area contributed by atoms with Gasteiger partial charge in [0.25, 0.3) is 5.92 Å². The van der Waals surface area contributed by atoms with E-state index in [1.807, 2.05) is 0 Å². The average molecular weight is 200 g/mol.